The summed E-state index contributed by atoms with van der Waals surface area (Å²) in [6.45, 7) is -1.00. The molecule has 0 aliphatic carbocycles. The lowest BCUT2D eigenvalue weighted by Crippen LogP contribution is -2.02. The Balaban J connectivity index is 2.18. The smallest absolute Gasteiger partial charge is 0.387 e. The van der Waals surface area contributed by atoms with Crippen LogP contribution in [0.25, 0.3) is 28.0 Å². The summed E-state index contributed by atoms with van der Waals surface area (Å²) in [6, 6.07) is 4.65. The second-order valence-corrected chi connectivity index (χ2v) is 4.79. The molecule has 1 aromatic carbocycles. The van der Waals surface area contributed by atoms with Crippen LogP contribution in [0.5, 0.6) is 5.75 Å². The lowest BCUT2D eigenvalue weighted by atomic mass is 10.1. The Labute approximate surface area is 135 Å². The molecule has 2 heterocycles. The third-order valence-electron chi connectivity index (χ3n) is 3.32. The SMILES string of the molecule is CCOC(=O)C=Cc1ccc(OC(F)F)c2oc3cnccc3c12. The highest BCUT2D eigenvalue weighted by Crippen LogP contribution is 2.37. The number of hydrogen-bond acceptors (Lipinski definition) is 5. The van der Waals surface area contributed by atoms with E-state index in [4.69, 9.17) is 9.15 Å². The van der Waals surface area contributed by atoms with Crippen molar-refractivity contribution < 1.29 is 27.5 Å². The molecule has 0 saturated heterocycles. The number of carbonyl (C=O) groups is 1. The van der Waals surface area contributed by atoms with Crippen molar-refractivity contribution in [1.29, 1.82) is 0 Å². The monoisotopic (exact) mass is 333 g/mol. The van der Waals surface area contributed by atoms with Crippen molar-refractivity contribution in [3.8, 4) is 5.75 Å². The van der Waals surface area contributed by atoms with Crippen LogP contribution in [-0.4, -0.2) is 24.2 Å². The van der Waals surface area contributed by atoms with E-state index in [1.807, 2.05) is 0 Å². The molecular weight excluding hydrogens is 320 g/mol. The maximum absolute atomic E-state index is 12.6. The lowest BCUT2D eigenvalue weighted by molar-refractivity contribution is -0.137. The van der Waals surface area contributed by atoms with Crippen LogP contribution in [0.1, 0.15) is 12.5 Å². The average Bonchev–Trinajstić information content (AvgIpc) is 2.94. The predicted octanol–water partition coefficient (Wildman–Crippen LogP) is 4.16. The molecule has 0 atom stereocenters. The van der Waals surface area contributed by atoms with Crippen LogP contribution in [-0.2, 0) is 9.53 Å². The van der Waals surface area contributed by atoms with Gasteiger partial charge in [0.2, 0.25) is 0 Å². The predicted molar refractivity (Wildman–Crippen MR) is 83.8 cm³/mol. The standard InChI is InChI=1S/C17H13F2NO4/c1-2-22-14(21)6-4-10-3-5-12(24-17(18)19)16-15(10)11-7-8-20-9-13(11)23-16/h3-9,17H,2H2,1H3. The largest absolute Gasteiger partial charge is 0.463 e. The highest BCUT2D eigenvalue weighted by Gasteiger charge is 2.17. The number of carbonyl (C=O) groups excluding carboxylic acids is 1. The molecule has 5 nitrogen and oxygen atoms in total. The molecule has 3 aromatic rings. The lowest BCUT2D eigenvalue weighted by Gasteiger charge is -2.06. The molecule has 3 rings (SSSR count). The number of hydrogen-bond donors (Lipinski definition) is 0. The van der Waals surface area contributed by atoms with E-state index in [1.165, 1.54) is 18.3 Å². The molecule has 0 aliphatic heterocycles. The summed E-state index contributed by atoms with van der Waals surface area (Å²) in [6.07, 6.45) is 5.87. The van der Waals surface area contributed by atoms with E-state index in [0.717, 1.165) is 0 Å². The Kier molecular flexibility index (Phi) is 4.41. The van der Waals surface area contributed by atoms with Crippen LogP contribution in [0.15, 0.2) is 41.1 Å². The summed E-state index contributed by atoms with van der Waals surface area (Å²) in [5.74, 6) is -0.572. The summed E-state index contributed by atoms with van der Waals surface area (Å²) in [7, 11) is 0. The maximum Gasteiger partial charge on any atom is 0.387 e. The minimum absolute atomic E-state index is 0.0792. The first-order valence-corrected chi connectivity index (χ1v) is 7.19. The van der Waals surface area contributed by atoms with Crippen LogP contribution in [0.3, 0.4) is 0 Å². The number of fused-ring (bicyclic) bond motifs is 3. The fourth-order valence-corrected chi connectivity index (χ4v) is 2.41. The van der Waals surface area contributed by atoms with Gasteiger partial charge < -0.3 is 13.9 Å². The second kappa shape index (κ2) is 6.66. The van der Waals surface area contributed by atoms with Crippen LogP contribution < -0.4 is 4.74 Å². The molecular formula is C17H13F2NO4. The van der Waals surface area contributed by atoms with E-state index in [1.54, 1.807) is 31.3 Å². The first-order valence-electron chi connectivity index (χ1n) is 7.19. The molecule has 0 saturated carbocycles. The number of ether oxygens (including phenoxy) is 2. The van der Waals surface area contributed by atoms with Crippen molar-refractivity contribution in [2.75, 3.05) is 6.61 Å². The Morgan fingerprint density at radius 2 is 2.21 bits per heavy atom. The highest BCUT2D eigenvalue weighted by atomic mass is 19.3. The third kappa shape index (κ3) is 3.05. The van der Waals surface area contributed by atoms with E-state index < -0.39 is 12.6 Å². The van der Waals surface area contributed by atoms with E-state index in [2.05, 4.69) is 9.72 Å². The molecule has 0 bridgehead atoms. The van der Waals surface area contributed by atoms with Crippen molar-refractivity contribution in [2.24, 2.45) is 0 Å². The van der Waals surface area contributed by atoms with Crippen molar-refractivity contribution in [3.63, 3.8) is 0 Å². The number of rotatable bonds is 5. The summed E-state index contributed by atoms with van der Waals surface area (Å²) in [5.41, 5.74) is 1.22. The number of halogens is 2. The molecule has 0 amide bonds. The van der Waals surface area contributed by atoms with Gasteiger partial charge in [0.25, 0.3) is 0 Å². The Morgan fingerprint density at radius 1 is 1.38 bits per heavy atom. The number of aromatic nitrogens is 1. The van der Waals surface area contributed by atoms with E-state index in [0.29, 0.717) is 21.9 Å². The highest BCUT2D eigenvalue weighted by molar-refractivity contribution is 6.11. The molecule has 0 fully saturated rings. The van der Waals surface area contributed by atoms with Gasteiger partial charge in [-0.1, -0.05) is 6.07 Å². The van der Waals surface area contributed by atoms with Crippen LogP contribution >= 0.6 is 0 Å². The first-order chi connectivity index (χ1) is 11.6. The van der Waals surface area contributed by atoms with E-state index >= 15 is 0 Å². The third-order valence-corrected chi connectivity index (χ3v) is 3.32. The number of benzene rings is 1. The van der Waals surface area contributed by atoms with E-state index in [9.17, 15) is 13.6 Å². The fraction of sp³-hybridized carbons (Fsp3) is 0.176. The van der Waals surface area contributed by atoms with Gasteiger partial charge in [-0.25, -0.2) is 4.79 Å². The van der Waals surface area contributed by atoms with Crippen molar-refractivity contribution >= 4 is 34.0 Å². The number of pyridine rings is 1. The van der Waals surface area contributed by atoms with Crippen LogP contribution in [0.4, 0.5) is 8.78 Å². The number of nitrogens with zero attached hydrogens (tertiary/aromatic N) is 1. The van der Waals surface area contributed by atoms with Gasteiger partial charge in [0.05, 0.1) is 12.8 Å². The normalized spacial score (nSPS) is 11.7. The van der Waals surface area contributed by atoms with Crippen molar-refractivity contribution in [2.45, 2.75) is 13.5 Å². The summed E-state index contributed by atoms with van der Waals surface area (Å²) in [5, 5.41) is 1.24. The number of esters is 1. The van der Waals surface area contributed by atoms with Crippen molar-refractivity contribution in [1.82, 2.24) is 4.98 Å². The van der Waals surface area contributed by atoms with Crippen molar-refractivity contribution in [3.05, 3.63) is 42.2 Å². The summed E-state index contributed by atoms with van der Waals surface area (Å²) < 4.78 is 40.1. The minimum atomic E-state index is -2.97. The first kappa shape index (κ1) is 15.9. The van der Waals surface area contributed by atoms with Gasteiger partial charge in [-0.2, -0.15) is 8.78 Å². The topological polar surface area (TPSA) is 61.6 Å². The quantitative estimate of drug-likeness (QED) is 0.518. The van der Waals surface area contributed by atoms with Gasteiger partial charge >= 0.3 is 12.6 Å². The Hall–Kier alpha value is -2.96. The molecule has 24 heavy (non-hydrogen) atoms. The van der Waals surface area contributed by atoms with E-state index in [-0.39, 0.29) is 17.9 Å². The maximum atomic E-state index is 12.6. The molecule has 7 heteroatoms. The second-order valence-electron chi connectivity index (χ2n) is 4.79. The van der Waals surface area contributed by atoms with Gasteiger partial charge in [-0.05, 0) is 30.7 Å². The molecule has 0 spiro atoms. The Bertz CT molecular complexity index is 917. The molecule has 0 N–H and O–H groups in total. The van der Waals surface area contributed by atoms with Crippen LogP contribution in [0.2, 0.25) is 0 Å². The minimum Gasteiger partial charge on any atom is -0.463 e. The molecule has 0 unspecified atom stereocenters. The molecule has 0 radical (unpaired) electrons. The zero-order valence-corrected chi connectivity index (χ0v) is 12.7. The molecule has 2 aromatic heterocycles. The van der Waals surface area contributed by atoms with Gasteiger partial charge in [0.1, 0.15) is 0 Å². The number of alkyl halides is 2. The summed E-state index contributed by atoms with van der Waals surface area (Å²) in [4.78, 5) is 15.5. The molecule has 0 aliphatic rings. The number of furan rings is 1. The average molecular weight is 333 g/mol. The molecule has 124 valence electrons. The van der Waals surface area contributed by atoms with Crippen LogP contribution in [0, 0.1) is 0 Å². The van der Waals surface area contributed by atoms with Gasteiger partial charge in [-0.15, -0.1) is 0 Å². The summed E-state index contributed by atoms with van der Waals surface area (Å²) >= 11 is 0. The van der Waals surface area contributed by atoms with Gasteiger partial charge in [-0.3, -0.25) is 4.98 Å². The Morgan fingerprint density at radius 3 is 2.96 bits per heavy atom. The van der Waals surface area contributed by atoms with Gasteiger partial charge in [0.15, 0.2) is 16.9 Å². The zero-order chi connectivity index (χ0) is 17.1. The fourth-order valence-electron chi connectivity index (χ4n) is 2.41. The van der Waals surface area contributed by atoms with Gasteiger partial charge in [0, 0.05) is 23.0 Å². The zero-order valence-electron chi connectivity index (χ0n) is 12.7.